The molecule has 2 aromatic rings. The van der Waals surface area contributed by atoms with Crippen LogP contribution in [0.25, 0.3) is 0 Å². The topological polar surface area (TPSA) is 75.3 Å². The molecule has 0 saturated heterocycles. The highest BCUT2D eigenvalue weighted by molar-refractivity contribution is 9.10. The minimum absolute atomic E-state index is 0.0866. The molecule has 0 aromatic heterocycles. The van der Waals surface area contributed by atoms with E-state index >= 15 is 0 Å². The maximum Gasteiger partial charge on any atom is 0.261 e. The molecule has 30 heavy (non-hydrogen) atoms. The van der Waals surface area contributed by atoms with Gasteiger partial charge in [0.05, 0.1) is 4.90 Å². The minimum atomic E-state index is -3.78. The summed E-state index contributed by atoms with van der Waals surface area (Å²) in [5, 5.41) is 3.32. The summed E-state index contributed by atoms with van der Waals surface area (Å²) < 4.78 is 29.1. The van der Waals surface area contributed by atoms with E-state index in [9.17, 15) is 13.2 Å². The molecule has 0 unspecified atom stereocenters. The molecule has 158 valence electrons. The van der Waals surface area contributed by atoms with Gasteiger partial charge in [0, 0.05) is 21.3 Å². The van der Waals surface area contributed by atoms with Gasteiger partial charge in [-0.2, -0.15) is 0 Å². The summed E-state index contributed by atoms with van der Waals surface area (Å²) in [5.74, 6) is 2.03. The highest BCUT2D eigenvalue weighted by Gasteiger charge is 2.51. The van der Waals surface area contributed by atoms with Crippen molar-refractivity contribution in [3.05, 3.63) is 58.6 Å². The van der Waals surface area contributed by atoms with E-state index in [1.807, 2.05) is 0 Å². The van der Waals surface area contributed by atoms with Crippen LogP contribution in [0.15, 0.2) is 57.9 Å². The van der Waals surface area contributed by atoms with Crippen molar-refractivity contribution in [3.63, 3.8) is 0 Å². The molecular weight excluding hydrogens is 464 g/mol. The third-order valence-electron chi connectivity index (χ3n) is 6.92. The van der Waals surface area contributed by atoms with Crippen molar-refractivity contribution in [2.45, 2.75) is 49.0 Å². The second-order valence-corrected chi connectivity index (χ2v) is 11.9. The zero-order valence-electron chi connectivity index (χ0n) is 16.6. The number of anilines is 1. The monoisotopic (exact) mass is 488 g/mol. The van der Waals surface area contributed by atoms with Crippen LogP contribution in [0.1, 0.15) is 48.9 Å². The first-order chi connectivity index (χ1) is 14.3. The summed E-state index contributed by atoms with van der Waals surface area (Å²) in [5.41, 5.74) is 0.766. The minimum Gasteiger partial charge on any atom is -0.347 e. The molecule has 4 fully saturated rings. The first-order valence-electron chi connectivity index (χ1n) is 10.5. The summed E-state index contributed by atoms with van der Waals surface area (Å²) in [6.07, 6.45) is 7.12. The van der Waals surface area contributed by atoms with Crippen molar-refractivity contribution in [2.24, 2.45) is 17.8 Å². The lowest BCUT2D eigenvalue weighted by Crippen LogP contribution is -2.59. The number of carbonyl (C=O) groups excluding carboxylic acids is 1. The second kappa shape index (κ2) is 7.38. The van der Waals surface area contributed by atoms with Gasteiger partial charge in [-0.25, -0.2) is 8.42 Å². The summed E-state index contributed by atoms with van der Waals surface area (Å²) in [6.45, 7) is 0. The zero-order chi connectivity index (χ0) is 20.9. The van der Waals surface area contributed by atoms with Gasteiger partial charge in [0.25, 0.3) is 15.9 Å². The molecule has 0 heterocycles. The highest BCUT2D eigenvalue weighted by atomic mass is 79.9. The lowest BCUT2D eigenvalue weighted by atomic mass is 9.53. The van der Waals surface area contributed by atoms with E-state index < -0.39 is 10.0 Å². The Bertz CT molecular complexity index is 1050. The molecule has 0 radical (unpaired) electrons. The Balaban J connectivity index is 1.34. The van der Waals surface area contributed by atoms with E-state index in [4.69, 9.17) is 0 Å². The number of carbonyl (C=O) groups is 1. The van der Waals surface area contributed by atoms with E-state index in [-0.39, 0.29) is 16.3 Å². The Morgan fingerprint density at radius 2 is 1.53 bits per heavy atom. The van der Waals surface area contributed by atoms with Crippen LogP contribution in [0, 0.1) is 17.8 Å². The van der Waals surface area contributed by atoms with Crippen LogP contribution in [0.4, 0.5) is 5.69 Å². The van der Waals surface area contributed by atoms with Gasteiger partial charge in [-0.15, -0.1) is 0 Å². The van der Waals surface area contributed by atoms with Gasteiger partial charge in [0.2, 0.25) is 0 Å². The third kappa shape index (κ3) is 3.89. The average molecular weight is 489 g/mol. The number of benzene rings is 2. The SMILES string of the molecule is O=C(NC12CC3CC(CC(C3)C1)C2)c1cccc(S(=O)(=O)Nc2ccc(Br)cc2)c1. The first kappa shape index (κ1) is 20.1. The zero-order valence-corrected chi connectivity index (χ0v) is 19.0. The fraction of sp³-hybridized carbons (Fsp3) is 0.435. The lowest BCUT2D eigenvalue weighted by molar-refractivity contribution is -0.0167. The van der Waals surface area contributed by atoms with E-state index in [0.717, 1.165) is 41.5 Å². The number of hydrogen-bond donors (Lipinski definition) is 2. The predicted octanol–water partition coefficient (Wildman–Crippen LogP) is 4.95. The molecule has 7 heteroatoms. The van der Waals surface area contributed by atoms with Crippen LogP contribution in [0.5, 0.6) is 0 Å². The Kier molecular flexibility index (Phi) is 4.93. The molecule has 0 spiro atoms. The third-order valence-corrected chi connectivity index (χ3v) is 8.83. The van der Waals surface area contributed by atoms with Gasteiger partial charge in [-0.05, 0) is 98.7 Å². The average Bonchev–Trinajstić information content (AvgIpc) is 2.68. The van der Waals surface area contributed by atoms with E-state index in [2.05, 4.69) is 26.0 Å². The van der Waals surface area contributed by atoms with Gasteiger partial charge in [0.15, 0.2) is 0 Å². The highest BCUT2D eigenvalue weighted by Crippen LogP contribution is 2.55. The standard InChI is InChI=1S/C23H25BrN2O3S/c24-19-4-6-20(7-5-19)26-30(28,29)21-3-1-2-18(11-21)22(27)25-23-12-15-8-16(13-23)10-17(9-15)14-23/h1-7,11,15-17,26H,8-10,12-14H2,(H,25,27). The summed E-state index contributed by atoms with van der Waals surface area (Å²) >= 11 is 3.34. The lowest BCUT2D eigenvalue weighted by Gasteiger charge is -2.56. The molecule has 4 bridgehead atoms. The number of nitrogens with one attached hydrogen (secondary N) is 2. The van der Waals surface area contributed by atoms with Crippen LogP contribution in [0.3, 0.4) is 0 Å². The molecular formula is C23H25BrN2O3S. The molecule has 0 aliphatic heterocycles. The van der Waals surface area contributed by atoms with Crippen molar-refractivity contribution < 1.29 is 13.2 Å². The van der Waals surface area contributed by atoms with Gasteiger partial charge >= 0.3 is 0 Å². The summed E-state index contributed by atoms with van der Waals surface area (Å²) in [4.78, 5) is 13.2. The van der Waals surface area contributed by atoms with Gasteiger partial charge in [0.1, 0.15) is 0 Å². The molecule has 2 N–H and O–H groups in total. The van der Waals surface area contributed by atoms with Crippen LogP contribution in [0.2, 0.25) is 0 Å². The van der Waals surface area contributed by atoms with Crippen LogP contribution in [-0.2, 0) is 10.0 Å². The fourth-order valence-electron chi connectivity index (χ4n) is 6.11. The van der Waals surface area contributed by atoms with E-state index in [1.54, 1.807) is 36.4 Å². The Morgan fingerprint density at radius 1 is 0.933 bits per heavy atom. The largest absolute Gasteiger partial charge is 0.347 e. The van der Waals surface area contributed by atoms with Crippen molar-refractivity contribution in [1.82, 2.24) is 5.32 Å². The van der Waals surface area contributed by atoms with Crippen LogP contribution >= 0.6 is 15.9 Å². The fourth-order valence-corrected chi connectivity index (χ4v) is 7.48. The molecule has 4 aliphatic rings. The van der Waals surface area contributed by atoms with Crippen molar-refractivity contribution in [3.8, 4) is 0 Å². The van der Waals surface area contributed by atoms with E-state index in [1.165, 1.54) is 31.4 Å². The maximum absolute atomic E-state index is 13.1. The van der Waals surface area contributed by atoms with Gasteiger partial charge in [-0.3, -0.25) is 9.52 Å². The maximum atomic E-state index is 13.1. The molecule has 6 rings (SSSR count). The number of rotatable bonds is 5. The molecule has 0 atom stereocenters. The second-order valence-electron chi connectivity index (χ2n) is 9.29. The normalized spacial score (nSPS) is 29.6. The van der Waals surface area contributed by atoms with Gasteiger partial charge < -0.3 is 5.32 Å². The number of hydrogen-bond acceptors (Lipinski definition) is 3. The number of sulfonamides is 1. The Morgan fingerprint density at radius 3 is 2.13 bits per heavy atom. The molecule has 5 nitrogen and oxygen atoms in total. The summed E-state index contributed by atoms with van der Waals surface area (Å²) in [7, 11) is -3.78. The van der Waals surface area contributed by atoms with E-state index in [0.29, 0.717) is 11.3 Å². The smallest absolute Gasteiger partial charge is 0.261 e. The van der Waals surface area contributed by atoms with Crippen molar-refractivity contribution in [2.75, 3.05) is 4.72 Å². The van der Waals surface area contributed by atoms with Crippen molar-refractivity contribution in [1.29, 1.82) is 0 Å². The number of amides is 1. The quantitative estimate of drug-likeness (QED) is 0.624. The molecule has 4 aliphatic carbocycles. The Labute approximate surface area is 185 Å². The van der Waals surface area contributed by atoms with Gasteiger partial charge in [-0.1, -0.05) is 22.0 Å². The summed E-state index contributed by atoms with van der Waals surface area (Å²) in [6, 6.07) is 13.2. The van der Waals surface area contributed by atoms with Crippen LogP contribution in [-0.4, -0.2) is 19.9 Å². The number of halogens is 1. The predicted molar refractivity (Wildman–Crippen MR) is 120 cm³/mol. The van der Waals surface area contributed by atoms with Crippen LogP contribution < -0.4 is 10.0 Å². The van der Waals surface area contributed by atoms with Crippen molar-refractivity contribution >= 4 is 37.5 Å². The molecule has 2 aromatic carbocycles. The molecule has 1 amide bonds. The first-order valence-corrected chi connectivity index (χ1v) is 12.8. The Hall–Kier alpha value is -1.86. The molecule has 4 saturated carbocycles.